The van der Waals surface area contributed by atoms with Crippen molar-refractivity contribution in [2.45, 2.75) is 33.4 Å². The lowest BCUT2D eigenvalue weighted by atomic mass is 9.92. The molecule has 1 unspecified atom stereocenters. The van der Waals surface area contributed by atoms with Crippen LogP contribution in [-0.2, 0) is 6.54 Å². The zero-order valence-corrected chi connectivity index (χ0v) is 12.7. The van der Waals surface area contributed by atoms with E-state index in [1.165, 1.54) is 5.56 Å². The number of benzene rings is 1. The highest BCUT2D eigenvalue weighted by atomic mass is 16.3. The van der Waals surface area contributed by atoms with Crippen LogP contribution in [0.5, 0.6) is 0 Å². The normalized spacial score (nSPS) is 13.8. The molecule has 0 bridgehead atoms. The summed E-state index contributed by atoms with van der Waals surface area (Å²) in [6.45, 7) is 9.88. The van der Waals surface area contributed by atoms with Crippen molar-refractivity contribution in [1.29, 1.82) is 0 Å². The second-order valence-electron chi connectivity index (χ2n) is 6.30. The van der Waals surface area contributed by atoms with E-state index in [0.717, 1.165) is 19.6 Å². The maximum Gasteiger partial charge on any atom is 0.0636 e. The molecule has 0 aliphatic carbocycles. The predicted octanol–water partition coefficient (Wildman–Crippen LogP) is 2.11. The molecular formula is C16H28N2O. The van der Waals surface area contributed by atoms with Gasteiger partial charge >= 0.3 is 0 Å². The van der Waals surface area contributed by atoms with Crippen LogP contribution in [0.25, 0.3) is 0 Å². The van der Waals surface area contributed by atoms with Crippen molar-refractivity contribution in [2.75, 3.05) is 26.7 Å². The third-order valence-corrected chi connectivity index (χ3v) is 3.04. The molecule has 1 aromatic rings. The quantitative estimate of drug-likeness (QED) is 0.755. The maximum absolute atomic E-state index is 9.25. The number of hydrogen-bond acceptors (Lipinski definition) is 3. The van der Waals surface area contributed by atoms with Gasteiger partial charge in [0, 0.05) is 26.2 Å². The molecule has 0 aliphatic heterocycles. The van der Waals surface area contributed by atoms with Gasteiger partial charge in [-0.15, -0.1) is 0 Å². The fourth-order valence-corrected chi connectivity index (χ4v) is 2.36. The number of nitrogens with zero attached hydrogens (tertiary/aromatic N) is 1. The standard InChI is InChI=1S/C16H28N2O/c1-14(19)10-17-12-16(2,3)13-18(4)11-15-8-6-5-7-9-15/h5-9,14,17,19H,10-13H2,1-4H3. The van der Waals surface area contributed by atoms with Crippen LogP contribution in [0, 0.1) is 5.41 Å². The van der Waals surface area contributed by atoms with Crippen molar-refractivity contribution < 1.29 is 5.11 Å². The average Bonchev–Trinajstić information content (AvgIpc) is 2.28. The van der Waals surface area contributed by atoms with E-state index in [-0.39, 0.29) is 11.5 Å². The molecule has 108 valence electrons. The zero-order valence-electron chi connectivity index (χ0n) is 12.7. The first-order valence-corrected chi connectivity index (χ1v) is 7.00. The molecule has 1 atom stereocenters. The molecule has 0 spiro atoms. The molecule has 2 N–H and O–H groups in total. The van der Waals surface area contributed by atoms with Crippen LogP contribution in [0.3, 0.4) is 0 Å². The Balaban J connectivity index is 2.35. The Morgan fingerprint density at radius 2 is 1.89 bits per heavy atom. The fourth-order valence-electron chi connectivity index (χ4n) is 2.36. The van der Waals surface area contributed by atoms with Crippen LogP contribution in [0.2, 0.25) is 0 Å². The summed E-state index contributed by atoms with van der Waals surface area (Å²) in [7, 11) is 2.16. The van der Waals surface area contributed by atoms with E-state index >= 15 is 0 Å². The first-order valence-electron chi connectivity index (χ1n) is 7.00. The van der Waals surface area contributed by atoms with E-state index in [2.05, 4.69) is 55.4 Å². The summed E-state index contributed by atoms with van der Waals surface area (Å²) in [6.07, 6.45) is -0.280. The van der Waals surface area contributed by atoms with Crippen molar-refractivity contribution >= 4 is 0 Å². The van der Waals surface area contributed by atoms with Gasteiger partial charge in [0.2, 0.25) is 0 Å². The Hall–Kier alpha value is -0.900. The summed E-state index contributed by atoms with van der Waals surface area (Å²) < 4.78 is 0. The average molecular weight is 264 g/mol. The van der Waals surface area contributed by atoms with Crippen LogP contribution in [0.1, 0.15) is 26.3 Å². The second kappa shape index (κ2) is 7.63. The topological polar surface area (TPSA) is 35.5 Å². The summed E-state index contributed by atoms with van der Waals surface area (Å²) in [5.41, 5.74) is 1.54. The Morgan fingerprint density at radius 3 is 2.47 bits per heavy atom. The lowest BCUT2D eigenvalue weighted by Crippen LogP contribution is -2.40. The lowest BCUT2D eigenvalue weighted by molar-refractivity contribution is 0.168. The summed E-state index contributed by atoms with van der Waals surface area (Å²) in [6, 6.07) is 10.5. The summed E-state index contributed by atoms with van der Waals surface area (Å²) >= 11 is 0. The lowest BCUT2D eigenvalue weighted by Gasteiger charge is -2.31. The van der Waals surface area contributed by atoms with Gasteiger partial charge in [-0.1, -0.05) is 44.2 Å². The van der Waals surface area contributed by atoms with E-state index in [1.807, 2.05) is 13.0 Å². The Labute approximate surface area is 117 Å². The van der Waals surface area contributed by atoms with E-state index < -0.39 is 0 Å². The summed E-state index contributed by atoms with van der Waals surface area (Å²) in [4.78, 5) is 2.35. The molecule has 0 amide bonds. The van der Waals surface area contributed by atoms with Crippen LogP contribution >= 0.6 is 0 Å². The van der Waals surface area contributed by atoms with E-state index in [1.54, 1.807) is 0 Å². The number of rotatable bonds is 8. The van der Waals surface area contributed by atoms with E-state index in [4.69, 9.17) is 0 Å². The Kier molecular flexibility index (Phi) is 6.49. The van der Waals surface area contributed by atoms with Crippen molar-refractivity contribution in [1.82, 2.24) is 10.2 Å². The van der Waals surface area contributed by atoms with Gasteiger partial charge in [0.25, 0.3) is 0 Å². The van der Waals surface area contributed by atoms with Gasteiger partial charge in [0.1, 0.15) is 0 Å². The Morgan fingerprint density at radius 1 is 1.26 bits per heavy atom. The molecule has 0 aromatic heterocycles. The second-order valence-corrected chi connectivity index (χ2v) is 6.30. The van der Waals surface area contributed by atoms with E-state index in [0.29, 0.717) is 6.54 Å². The largest absolute Gasteiger partial charge is 0.392 e. The molecule has 0 aliphatic rings. The highest BCUT2D eigenvalue weighted by Gasteiger charge is 2.19. The molecule has 19 heavy (non-hydrogen) atoms. The van der Waals surface area contributed by atoms with Crippen molar-refractivity contribution in [3.05, 3.63) is 35.9 Å². The highest BCUT2D eigenvalue weighted by molar-refractivity contribution is 5.14. The smallest absolute Gasteiger partial charge is 0.0636 e. The number of nitrogens with one attached hydrogen (secondary N) is 1. The minimum atomic E-state index is -0.280. The molecule has 0 saturated heterocycles. The van der Waals surface area contributed by atoms with Gasteiger partial charge < -0.3 is 15.3 Å². The van der Waals surface area contributed by atoms with E-state index in [9.17, 15) is 5.11 Å². The highest BCUT2D eigenvalue weighted by Crippen LogP contribution is 2.16. The fraction of sp³-hybridized carbons (Fsp3) is 0.625. The maximum atomic E-state index is 9.25. The van der Waals surface area contributed by atoms with Gasteiger partial charge in [-0.05, 0) is 24.9 Å². The minimum Gasteiger partial charge on any atom is -0.392 e. The molecule has 0 fully saturated rings. The van der Waals surface area contributed by atoms with Gasteiger partial charge in [-0.3, -0.25) is 0 Å². The first-order chi connectivity index (χ1) is 8.89. The zero-order chi connectivity index (χ0) is 14.3. The summed E-state index contributed by atoms with van der Waals surface area (Å²) in [5.74, 6) is 0. The van der Waals surface area contributed by atoms with Crippen molar-refractivity contribution in [3.8, 4) is 0 Å². The first kappa shape index (κ1) is 16.2. The summed E-state index contributed by atoms with van der Waals surface area (Å²) in [5, 5.41) is 12.6. The van der Waals surface area contributed by atoms with Crippen LogP contribution in [0.15, 0.2) is 30.3 Å². The number of aliphatic hydroxyl groups excluding tert-OH is 1. The molecule has 3 nitrogen and oxygen atoms in total. The van der Waals surface area contributed by atoms with Crippen LogP contribution in [-0.4, -0.2) is 42.8 Å². The predicted molar refractivity (Wildman–Crippen MR) is 81.1 cm³/mol. The van der Waals surface area contributed by atoms with Crippen LogP contribution in [0.4, 0.5) is 0 Å². The number of hydrogen-bond donors (Lipinski definition) is 2. The monoisotopic (exact) mass is 264 g/mol. The molecule has 0 heterocycles. The van der Waals surface area contributed by atoms with Gasteiger partial charge in [-0.2, -0.15) is 0 Å². The molecule has 0 saturated carbocycles. The number of aliphatic hydroxyl groups is 1. The minimum absolute atomic E-state index is 0.193. The third kappa shape index (κ3) is 7.31. The van der Waals surface area contributed by atoms with Gasteiger partial charge in [0.05, 0.1) is 6.10 Å². The molecule has 1 aromatic carbocycles. The van der Waals surface area contributed by atoms with Gasteiger partial charge in [0.15, 0.2) is 0 Å². The van der Waals surface area contributed by atoms with Crippen molar-refractivity contribution in [3.63, 3.8) is 0 Å². The van der Waals surface area contributed by atoms with Crippen molar-refractivity contribution in [2.24, 2.45) is 5.41 Å². The SMILES string of the molecule is CC(O)CNCC(C)(C)CN(C)Cc1ccccc1. The Bertz CT molecular complexity index is 349. The third-order valence-electron chi connectivity index (χ3n) is 3.04. The molecule has 1 rings (SSSR count). The van der Waals surface area contributed by atoms with Gasteiger partial charge in [-0.25, -0.2) is 0 Å². The molecular weight excluding hydrogens is 236 g/mol. The van der Waals surface area contributed by atoms with Crippen LogP contribution < -0.4 is 5.32 Å². The molecule has 0 radical (unpaired) electrons. The molecule has 3 heteroatoms.